The van der Waals surface area contributed by atoms with Gasteiger partial charge in [-0.3, -0.25) is 14.5 Å². The van der Waals surface area contributed by atoms with Crippen LogP contribution in [0.5, 0.6) is 0 Å². The maximum atomic E-state index is 12.9. The highest BCUT2D eigenvalue weighted by atomic mass is 35.5. The van der Waals surface area contributed by atoms with Gasteiger partial charge in [0, 0.05) is 0 Å². The number of amides is 2. The lowest BCUT2D eigenvalue weighted by molar-refractivity contribution is -0.149. The van der Waals surface area contributed by atoms with E-state index in [2.05, 4.69) is 0 Å². The standard InChI is InChI=1S/C18H12Cl2FNO4/c1-9(18(25)26-8-10-2-4-11(21)5-3-10)22-16(23)12-6-14(19)15(20)7-13(12)17(22)24/h2-7,9H,8H2,1H3/t9-/m0/s1. The number of hydrogen-bond donors (Lipinski definition) is 0. The molecular weight excluding hydrogens is 384 g/mol. The van der Waals surface area contributed by atoms with Gasteiger partial charge >= 0.3 is 5.97 Å². The Bertz CT molecular complexity index is 873. The Labute approximate surface area is 158 Å². The van der Waals surface area contributed by atoms with Crippen molar-refractivity contribution >= 4 is 41.0 Å². The first-order chi connectivity index (χ1) is 12.3. The molecule has 0 N–H and O–H groups in total. The molecule has 0 unspecified atom stereocenters. The number of carbonyl (C=O) groups is 3. The highest BCUT2D eigenvalue weighted by Crippen LogP contribution is 2.32. The van der Waals surface area contributed by atoms with Crippen molar-refractivity contribution in [2.75, 3.05) is 0 Å². The van der Waals surface area contributed by atoms with Crippen LogP contribution in [0.1, 0.15) is 33.2 Å². The second-order valence-corrected chi connectivity index (χ2v) is 6.52. The van der Waals surface area contributed by atoms with Gasteiger partial charge in [-0.05, 0) is 36.8 Å². The van der Waals surface area contributed by atoms with Crippen LogP contribution in [-0.4, -0.2) is 28.7 Å². The zero-order valence-electron chi connectivity index (χ0n) is 13.5. The quantitative estimate of drug-likeness (QED) is 0.582. The van der Waals surface area contributed by atoms with Crippen LogP contribution in [0.2, 0.25) is 10.0 Å². The molecule has 1 heterocycles. The Morgan fingerprint density at radius 3 is 2.08 bits per heavy atom. The average Bonchev–Trinajstić information content (AvgIpc) is 2.84. The molecule has 134 valence electrons. The largest absolute Gasteiger partial charge is 0.459 e. The molecule has 0 aliphatic carbocycles. The van der Waals surface area contributed by atoms with Gasteiger partial charge in [-0.1, -0.05) is 35.3 Å². The number of rotatable bonds is 4. The van der Waals surface area contributed by atoms with Gasteiger partial charge in [0.2, 0.25) is 0 Å². The Morgan fingerprint density at radius 1 is 1.08 bits per heavy atom. The minimum absolute atomic E-state index is 0.0857. The summed E-state index contributed by atoms with van der Waals surface area (Å²) < 4.78 is 18.0. The van der Waals surface area contributed by atoms with E-state index in [1.807, 2.05) is 0 Å². The zero-order valence-corrected chi connectivity index (χ0v) is 15.0. The van der Waals surface area contributed by atoms with Crippen molar-refractivity contribution < 1.29 is 23.5 Å². The molecule has 0 fully saturated rings. The lowest BCUT2D eigenvalue weighted by atomic mass is 10.1. The monoisotopic (exact) mass is 395 g/mol. The summed E-state index contributed by atoms with van der Waals surface area (Å²) in [6.45, 7) is 1.28. The molecule has 0 spiro atoms. The third kappa shape index (κ3) is 3.30. The van der Waals surface area contributed by atoms with Gasteiger partial charge in [0.1, 0.15) is 18.5 Å². The lowest BCUT2D eigenvalue weighted by Gasteiger charge is -2.20. The van der Waals surface area contributed by atoms with E-state index in [0.29, 0.717) is 5.56 Å². The summed E-state index contributed by atoms with van der Waals surface area (Å²) in [4.78, 5) is 38.0. The molecule has 1 atom stereocenters. The van der Waals surface area contributed by atoms with Crippen LogP contribution in [-0.2, 0) is 16.1 Å². The number of esters is 1. The highest BCUT2D eigenvalue weighted by Gasteiger charge is 2.42. The molecule has 2 amide bonds. The minimum atomic E-state index is -1.14. The first-order valence-electron chi connectivity index (χ1n) is 7.57. The average molecular weight is 396 g/mol. The number of imide groups is 1. The molecule has 1 aliphatic rings. The normalized spacial score (nSPS) is 14.4. The van der Waals surface area contributed by atoms with E-state index < -0.39 is 29.6 Å². The van der Waals surface area contributed by atoms with E-state index in [0.717, 1.165) is 4.90 Å². The minimum Gasteiger partial charge on any atom is -0.459 e. The van der Waals surface area contributed by atoms with Crippen LogP contribution >= 0.6 is 23.2 Å². The van der Waals surface area contributed by atoms with Crippen molar-refractivity contribution in [3.63, 3.8) is 0 Å². The van der Waals surface area contributed by atoms with E-state index >= 15 is 0 Å². The molecule has 8 heteroatoms. The van der Waals surface area contributed by atoms with Crippen molar-refractivity contribution in [2.24, 2.45) is 0 Å². The molecule has 5 nitrogen and oxygen atoms in total. The molecule has 3 rings (SSSR count). The van der Waals surface area contributed by atoms with Gasteiger partial charge in [0.15, 0.2) is 0 Å². The summed E-state index contributed by atoms with van der Waals surface area (Å²) in [7, 11) is 0. The van der Waals surface area contributed by atoms with Crippen molar-refractivity contribution in [3.8, 4) is 0 Å². The fraction of sp³-hybridized carbons (Fsp3) is 0.167. The highest BCUT2D eigenvalue weighted by molar-refractivity contribution is 6.43. The second-order valence-electron chi connectivity index (χ2n) is 5.70. The summed E-state index contributed by atoms with van der Waals surface area (Å²) in [5.41, 5.74) is 0.748. The van der Waals surface area contributed by atoms with Gasteiger partial charge in [0.05, 0.1) is 21.2 Å². The smallest absolute Gasteiger partial charge is 0.329 e. The number of fused-ring (bicyclic) bond motifs is 1. The number of ether oxygens (including phenoxy) is 1. The fourth-order valence-corrected chi connectivity index (χ4v) is 2.89. The predicted molar refractivity (Wildman–Crippen MR) is 92.6 cm³/mol. The van der Waals surface area contributed by atoms with Crippen LogP contribution < -0.4 is 0 Å². The van der Waals surface area contributed by atoms with Crippen molar-refractivity contribution in [3.05, 3.63) is 69.0 Å². The third-order valence-corrected chi connectivity index (χ3v) is 4.70. The topological polar surface area (TPSA) is 63.7 Å². The van der Waals surface area contributed by atoms with Gasteiger partial charge < -0.3 is 4.74 Å². The molecule has 1 aliphatic heterocycles. The second kappa shape index (κ2) is 7.05. The molecule has 26 heavy (non-hydrogen) atoms. The molecular formula is C18H12Cl2FNO4. The van der Waals surface area contributed by atoms with Crippen LogP contribution in [0.4, 0.5) is 4.39 Å². The lowest BCUT2D eigenvalue weighted by Crippen LogP contribution is -2.43. The van der Waals surface area contributed by atoms with E-state index in [1.54, 1.807) is 0 Å². The van der Waals surface area contributed by atoms with E-state index in [4.69, 9.17) is 27.9 Å². The van der Waals surface area contributed by atoms with Gasteiger partial charge in [-0.25, -0.2) is 9.18 Å². The van der Waals surface area contributed by atoms with Crippen LogP contribution in [0.3, 0.4) is 0 Å². The van der Waals surface area contributed by atoms with Crippen LogP contribution in [0.15, 0.2) is 36.4 Å². The van der Waals surface area contributed by atoms with Crippen molar-refractivity contribution in [1.82, 2.24) is 4.90 Å². The molecule has 2 aromatic carbocycles. The third-order valence-electron chi connectivity index (χ3n) is 3.98. The molecule has 2 aromatic rings. The molecule has 0 saturated heterocycles. The number of carbonyl (C=O) groups excluding carboxylic acids is 3. The molecule has 0 aromatic heterocycles. The summed E-state index contributed by atoms with van der Waals surface area (Å²) in [6, 6.07) is 6.89. The van der Waals surface area contributed by atoms with Crippen molar-refractivity contribution in [2.45, 2.75) is 19.6 Å². The summed E-state index contributed by atoms with van der Waals surface area (Å²) in [6.07, 6.45) is 0. The Balaban J connectivity index is 1.74. The SMILES string of the molecule is C[C@@H](C(=O)OCc1ccc(F)cc1)N1C(=O)c2cc(Cl)c(Cl)cc2C1=O. The fourth-order valence-electron chi connectivity index (χ4n) is 2.57. The first kappa shape index (κ1) is 18.4. The molecule has 0 radical (unpaired) electrons. The van der Waals surface area contributed by atoms with Gasteiger partial charge in [-0.2, -0.15) is 0 Å². The first-order valence-corrected chi connectivity index (χ1v) is 8.33. The van der Waals surface area contributed by atoms with Crippen LogP contribution in [0.25, 0.3) is 0 Å². The predicted octanol–water partition coefficient (Wildman–Crippen LogP) is 3.86. The maximum Gasteiger partial charge on any atom is 0.329 e. The van der Waals surface area contributed by atoms with Gasteiger partial charge in [0.25, 0.3) is 11.8 Å². The van der Waals surface area contributed by atoms with Gasteiger partial charge in [-0.15, -0.1) is 0 Å². The number of benzene rings is 2. The Kier molecular flexibility index (Phi) is 4.98. The van der Waals surface area contributed by atoms with E-state index in [1.165, 1.54) is 43.3 Å². The number of nitrogens with zero attached hydrogens (tertiary/aromatic N) is 1. The summed E-state index contributed by atoms with van der Waals surface area (Å²) in [5.74, 6) is -2.46. The maximum absolute atomic E-state index is 12.9. The Morgan fingerprint density at radius 2 is 1.58 bits per heavy atom. The number of hydrogen-bond acceptors (Lipinski definition) is 4. The van der Waals surface area contributed by atoms with Crippen molar-refractivity contribution in [1.29, 1.82) is 0 Å². The molecule has 0 bridgehead atoms. The van der Waals surface area contributed by atoms with Crippen LogP contribution in [0, 0.1) is 5.82 Å². The summed E-state index contributed by atoms with van der Waals surface area (Å²) in [5, 5.41) is 0.278. The molecule has 0 saturated carbocycles. The van der Waals surface area contributed by atoms with E-state index in [9.17, 15) is 18.8 Å². The summed E-state index contributed by atoms with van der Waals surface area (Å²) >= 11 is 11.8. The Hall–Kier alpha value is -2.44. The number of halogens is 3. The van der Waals surface area contributed by atoms with E-state index in [-0.39, 0.29) is 27.8 Å². The zero-order chi connectivity index (χ0) is 19.0.